The lowest BCUT2D eigenvalue weighted by molar-refractivity contribution is -0.0271. The Bertz CT molecular complexity index is 622. The fourth-order valence-corrected chi connectivity index (χ4v) is 3.08. The summed E-state index contributed by atoms with van der Waals surface area (Å²) in [4.78, 5) is 7.26. The van der Waals surface area contributed by atoms with E-state index in [1.54, 1.807) is 0 Å². The van der Waals surface area contributed by atoms with Crippen LogP contribution in [0.1, 0.15) is 19.7 Å². The van der Waals surface area contributed by atoms with Crippen LogP contribution in [-0.4, -0.2) is 46.8 Å². The zero-order valence-electron chi connectivity index (χ0n) is 13.5. The molecule has 0 bridgehead atoms. The van der Waals surface area contributed by atoms with Gasteiger partial charge in [0.1, 0.15) is 5.82 Å². The van der Waals surface area contributed by atoms with Crippen molar-refractivity contribution in [2.24, 2.45) is 11.7 Å². The van der Waals surface area contributed by atoms with Crippen LogP contribution in [0.4, 0.5) is 0 Å². The quantitative estimate of drug-likeness (QED) is 0.916. The summed E-state index contributed by atoms with van der Waals surface area (Å²) in [5.74, 6) is 1.74. The van der Waals surface area contributed by atoms with Gasteiger partial charge in [-0.3, -0.25) is 4.90 Å². The van der Waals surface area contributed by atoms with Crippen molar-refractivity contribution < 1.29 is 4.74 Å². The normalized spacial score (nSPS) is 20.1. The molecule has 0 radical (unpaired) electrons. The standard InChI is InChI=1S/C17H26N4O/c1-13(2)10-21-16-6-4-3-5-15(16)19-17(21)12-20-7-8-22-14(9-18)11-20/h3-6,13-14H,7-12,18H2,1-2H3/t14-/m1/s1. The molecule has 5 heteroatoms. The molecule has 1 saturated heterocycles. The van der Waals surface area contributed by atoms with Gasteiger partial charge in [0, 0.05) is 26.2 Å². The SMILES string of the molecule is CC(C)Cn1c(CN2CCO[C@H](CN)C2)nc2ccccc21. The number of aromatic nitrogens is 2. The number of hydrogen-bond acceptors (Lipinski definition) is 4. The van der Waals surface area contributed by atoms with Crippen LogP contribution < -0.4 is 5.73 Å². The first kappa shape index (κ1) is 15.5. The first-order valence-electron chi connectivity index (χ1n) is 8.15. The van der Waals surface area contributed by atoms with Crippen molar-refractivity contribution in [2.75, 3.05) is 26.2 Å². The Hall–Kier alpha value is -1.43. The monoisotopic (exact) mass is 302 g/mol. The van der Waals surface area contributed by atoms with Crippen molar-refractivity contribution in [1.82, 2.24) is 14.5 Å². The highest BCUT2D eigenvalue weighted by molar-refractivity contribution is 5.75. The van der Waals surface area contributed by atoms with Gasteiger partial charge in [-0.15, -0.1) is 0 Å². The second kappa shape index (κ2) is 6.77. The Balaban J connectivity index is 1.85. The van der Waals surface area contributed by atoms with Crippen LogP contribution in [-0.2, 0) is 17.8 Å². The van der Waals surface area contributed by atoms with Crippen LogP contribution in [0.5, 0.6) is 0 Å². The molecule has 1 fully saturated rings. The van der Waals surface area contributed by atoms with E-state index in [-0.39, 0.29) is 6.10 Å². The number of nitrogens with two attached hydrogens (primary N) is 1. The molecule has 2 heterocycles. The van der Waals surface area contributed by atoms with Crippen molar-refractivity contribution in [1.29, 1.82) is 0 Å². The number of morpholine rings is 1. The van der Waals surface area contributed by atoms with Gasteiger partial charge in [0.25, 0.3) is 0 Å². The van der Waals surface area contributed by atoms with Crippen molar-refractivity contribution in [3.05, 3.63) is 30.1 Å². The maximum atomic E-state index is 5.74. The van der Waals surface area contributed by atoms with E-state index >= 15 is 0 Å². The predicted octanol–water partition coefficient (Wildman–Crippen LogP) is 1.85. The minimum Gasteiger partial charge on any atom is -0.374 e. The Labute approximate surface area is 132 Å². The molecule has 0 saturated carbocycles. The summed E-state index contributed by atoms with van der Waals surface area (Å²) in [5.41, 5.74) is 8.06. The van der Waals surface area contributed by atoms with Gasteiger partial charge in [0.15, 0.2) is 0 Å². The summed E-state index contributed by atoms with van der Waals surface area (Å²) in [6, 6.07) is 8.40. The molecule has 0 aliphatic carbocycles. The van der Waals surface area contributed by atoms with Crippen LogP contribution >= 0.6 is 0 Å². The molecule has 120 valence electrons. The number of nitrogens with zero attached hydrogens (tertiary/aromatic N) is 3. The Morgan fingerprint density at radius 2 is 2.18 bits per heavy atom. The highest BCUT2D eigenvalue weighted by Gasteiger charge is 2.21. The first-order chi connectivity index (χ1) is 10.7. The minimum absolute atomic E-state index is 0.150. The lowest BCUT2D eigenvalue weighted by Gasteiger charge is -2.32. The van der Waals surface area contributed by atoms with E-state index in [4.69, 9.17) is 15.5 Å². The predicted molar refractivity (Wildman–Crippen MR) is 88.6 cm³/mol. The average molecular weight is 302 g/mol. The smallest absolute Gasteiger partial charge is 0.124 e. The van der Waals surface area contributed by atoms with Gasteiger partial charge in [-0.25, -0.2) is 4.98 Å². The molecule has 2 N–H and O–H groups in total. The molecule has 1 aliphatic heterocycles. The summed E-state index contributed by atoms with van der Waals surface area (Å²) in [6.45, 7) is 9.53. The highest BCUT2D eigenvalue weighted by Crippen LogP contribution is 2.19. The second-order valence-electron chi connectivity index (χ2n) is 6.48. The third-order valence-corrected chi connectivity index (χ3v) is 4.13. The summed E-state index contributed by atoms with van der Waals surface area (Å²) < 4.78 is 8.02. The van der Waals surface area contributed by atoms with E-state index in [1.165, 1.54) is 5.52 Å². The zero-order chi connectivity index (χ0) is 15.5. The molecule has 5 nitrogen and oxygen atoms in total. The molecular formula is C17H26N4O. The van der Waals surface area contributed by atoms with E-state index in [1.807, 2.05) is 0 Å². The van der Waals surface area contributed by atoms with Gasteiger partial charge in [0.05, 0.1) is 30.3 Å². The molecule has 2 aromatic rings. The summed E-state index contributed by atoms with van der Waals surface area (Å²) >= 11 is 0. The first-order valence-corrected chi connectivity index (χ1v) is 8.15. The highest BCUT2D eigenvalue weighted by atomic mass is 16.5. The van der Waals surface area contributed by atoms with Crippen molar-refractivity contribution in [3.63, 3.8) is 0 Å². The molecule has 0 unspecified atom stereocenters. The number of para-hydroxylation sites is 2. The molecule has 1 atom stereocenters. The fraction of sp³-hybridized carbons (Fsp3) is 0.588. The molecule has 1 aromatic heterocycles. The number of imidazole rings is 1. The fourth-order valence-electron chi connectivity index (χ4n) is 3.08. The zero-order valence-corrected chi connectivity index (χ0v) is 13.5. The number of rotatable bonds is 5. The topological polar surface area (TPSA) is 56.3 Å². The third kappa shape index (κ3) is 3.32. The number of benzene rings is 1. The van der Waals surface area contributed by atoms with Crippen LogP contribution in [0.3, 0.4) is 0 Å². The van der Waals surface area contributed by atoms with Gasteiger partial charge in [-0.05, 0) is 18.1 Å². The molecular weight excluding hydrogens is 276 g/mol. The Morgan fingerprint density at radius 1 is 1.36 bits per heavy atom. The van der Waals surface area contributed by atoms with Crippen LogP contribution in [0.25, 0.3) is 11.0 Å². The van der Waals surface area contributed by atoms with Crippen molar-refractivity contribution >= 4 is 11.0 Å². The van der Waals surface area contributed by atoms with Crippen LogP contribution in [0, 0.1) is 5.92 Å². The lowest BCUT2D eigenvalue weighted by Crippen LogP contribution is -2.45. The Kier molecular flexibility index (Phi) is 4.76. The van der Waals surface area contributed by atoms with E-state index in [0.717, 1.165) is 44.1 Å². The maximum absolute atomic E-state index is 5.74. The maximum Gasteiger partial charge on any atom is 0.124 e. The number of ether oxygens (including phenoxy) is 1. The van der Waals surface area contributed by atoms with Gasteiger partial charge in [-0.1, -0.05) is 26.0 Å². The minimum atomic E-state index is 0.150. The largest absolute Gasteiger partial charge is 0.374 e. The average Bonchev–Trinajstić information content (AvgIpc) is 2.85. The van der Waals surface area contributed by atoms with E-state index in [9.17, 15) is 0 Å². The van der Waals surface area contributed by atoms with Gasteiger partial charge in [-0.2, -0.15) is 0 Å². The summed E-state index contributed by atoms with van der Waals surface area (Å²) in [6.07, 6.45) is 0.150. The molecule has 22 heavy (non-hydrogen) atoms. The van der Waals surface area contributed by atoms with Crippen molar-refractivity contribution in [3.8, 4) is 0 Å². The van der Waals surface area contributed by atoms with Crippen LogP contribution in [0.2, 0.25) is 0 Å². The Morgan fingerprint density at radius 3 is 2.95 bits per heavy atom. The summed E-state index contributed by atoms with van der Waals surface area (Å²) in [7, 11) is 0. The van der Waals surface area contributed by atoms with Crippen LogP contribution in [0.15, 0.2) is 24.3 Å². The lowest BCUT2D eigenvalue weighted by atomic mass is 10.2. The van der Waals surface area contributed by atoms with Gasteiger partial charge < -0.3 is 15.0 Å². The molecule has 3 rings (SSSR count). The van der Waals surface area contributed by atoms with Gasteiger partial charge >= 0.3 is 0 Å². The van der Waals surface area contributed by atoms with E-state index < -0.39 is 0 Å². The van der Waals surface area contributed by atoms with Gasteiger partial charge in [0.2, 0.25) is 0 Å². The second-order valence-corrected chi connectivity index (χ2v) is 6.48. The molecule has 1 aliphatic rings. The number of hydrogen-bond donors (Lipinski definition) is 1. The number of fused-ring (bicyclic) bond motifs is 1. The molecule has 0 spiro atoms. The summed E-state index contributed by atoms with van der Waals surface area (Å²) in [5, 5.41) is 0. The third-order valence-electron chi connectivity index (χ3n) is 4.13. The van der Waals surface area contributed by atoms with E-state index in [2.05, 4.69) is 47.6 Å². The molecule has 0 amide bonds. The van der Waals surface area contributed by atoms with E-state index in [0.29, 0.717) is 12.5 Å². The molecule has 1 aromatic carbocycles. The van der Waals surface area contributed by atoms with Crippen molar-refractivity contribution in [2.45, 2.75) is 33.0 Å².